The van der Waals surface area contributed by atoms with E-state index in [1.54, 1.807) is 47.3 Å². The first-order chi connectivity index (χ1) is 14.9. The summed E-state index contributed by atoms with van der Waals surface area (Å²) in [7, 11) is 0. The van der Waals surface area contributed by atoms with Crippen molar-refractivity contribution >= 4 is 67.4 Å². The molecule has 10 heteroatoms. The smallest absolute Gasteiger partial charge is 0.272 e. The first kappa shape index (κ1) is 21.3. The number of halogens is 3. The summed E-state index contributed by atoms with van der Waals surface area (Å²) in [5.74, 6) is 4.61. The fourth-order valence-electron chi connectivity index (χ4n) is 3.20. The highest BCUT2D eigenvalue weighted by Crippen LogP contribution is 2.35. The summed E-state index contributed by atoms with van der Waals surface area (Å²) >= 11 is 16.2. The number of pyridine rings is 1. The summed E-state index contributed by atoms with van der Waals surface area (Å²) in [6.45, 7) is 0. The van der Waals surface area contributed by atoms with Crippen molar-refractivity contribution in [1.82, 2.24) is 15.0 Å². The molecular weight excluding hydrogens is 505 g/mol. The van der Waals surface area contributed by atoms with Crippen molar-refractivity contribution in [2.75, 3.05) is 5.32 Å². The third-order valence-electron chi connectivity index (χ3n) is 4.59. The molecule has 2 aromatic heterocycles. The van der Waals surface area contributed by atoms with E-state index in [0.29, 0.717) is 20.7 Å². The molecule has 4 N–H and O–H groups in total. The SMILES string of the molecule is NNC(=O)c1cc2ccccc2c(Cl)c1NC(=O)c1cc(Br)cn1-c1ncccc1Cl. The van der Waals surface area contributed by atoms with Gasteiger partial charge in [0, 0.05) is 22.3 Å². The van der Waals surface area contributed by atoms with Gasteiger partial charge in [-0.2, -0.15) is 0 Å². The number of nitrogens with two attached hydrogens (primary N) is 1. The van der Waals surface area contributed by atoms with Gasteiger partial charge in [0.25, 0.3) is 11.8 Å². The van der Waals surface area contributed by atoms with E-state index in [2.05, 4.69) is 31.7 Å². The Morgan fingerprint density at radius 3 is 2.58 bits per heavy atom. The van der Waals surface area contributed by atoms with Gasteiger partial charge in [0.05, 0.1) is 21.3 Å². The van der Waals surface area contributed by atoms with E-state index < -0.39 is 11.8 Å². The predicted octanol–water partition coefficient (Wildman–Crippen LogP) is 4.95. The molecule has 0 aliphatic heterocycles. The number of carbonyl (C=O) groups excluding carboxylic acids is 2. The van der Waals surface area contributed by atoms with Crippen molar-refractivity contribution < 1.29 is 9.59 Å². The number of benzene rings is 2. The van der Waals surface area contributed by atoms with E-state index in [0.717, 1.165) is 5.39 Å². The maximum Gasteiger partial charge on any atom is 0.272 e. The van der Waals surface area contributed by atoms with Crippen molar-refractivity contribution in [3.05, 3.63) is 86.7 Å². The Morgan fingerprint density at radius 2 is 1.84 bits per heavy atom. The van der Waals surface area contributed by atoms with Gasteiger partial charge in [-0.05, 0) is 45.6 Å². The van der Waals surface area contributed by atoms with Crippen LogP contribution in [-0.2, 0) is 0 Å². The summed E-state index contributed by atoms with van der Waals surface area (Å²) in [6.07, 6.45) is 3.24. The second kappa shape index (κ2) is 8.68. The number of aromatic nitrogens is 2. The number of fused-ring (bicyclic) bond motifs is 1. The van der Waals surface area contributed by atoms with Crippen molar-refractivity contribution in [1.29, 1.82) is 0 Å². The van der Waals surface area contributed by atoms with E-state index in [4.69, 9.17) is 29.0 Å². The Labute approximate surface area is 195 Å². The molecule has 0 saturated heterocycles. The van der Waals surface area contributed by atoms with Crippen molar-refractivity contribution in [3.63, 3.8) is 0 Å². The fourth-order valence-corrected chi connectivity index (χ4v) is 4.15. The van der Waals surface area contributed by atoms with E-state index in [1.165, 1.54) is 0 Å². The van der Waals surface area contributed by atoms with Crippen LogP contribution in [0.25, 0.3) is 16.6 Å². The number of hydrazine groups is 1. The lowest BCUT2D eigenvalue weighted by atomic mass is 10.0. The summed E-state index contributed by atoms with van der Waals surface area (Å²) in [5.41, 5.74) is 2.59. The van der Waals surface area contributed by atoms with Crippen molar-refractivity contribution in [3.8, 4) is 5.82 Å². The zero-order valence-electron chi connectivity index (χ0n) is 15.7. The number of amides is 2. The van der Waals surface area contributed by atoms with Crippen LogP contribution in [0.2, 0.25) is 10.0 Å². The first-order valence-electron chi connectivity index (χ1n) is 8.93. The number of nitrogens with zero attached hydrogens (tertiary/aromatic N) is 2. The topological polar surface area (TPSA) is 102 Å². The van der Waals surface area contributed by atoms with Gasteiger partial charge in [-0.3, -0.25) is 19.6 Å². The first-order valence-corrected chi connectivity index (χ1v) is 10.5. The minimum Gasteiger partial charge on any atom is -0.319 e. The number of carbonyl (C=O) groups is 2. The maximum absolute atomic E-state index is 13.2. The second-order valence-electron chi connectivity index (χ2n) is 6.48. The number of hydrogen-bond donors (Lipinski definition) is 3. The van der Waals surface area contributed by atoms with Gasteiger partial charge < -0.3 is 5.32 Å². The molecule has 0 atom stereocenters. The van der Waals surface area contributed by atoms with Crippen LogP contribution in [0.15, 0.2) is 65.4 Å². The van der Waals surface area contributed by atoms with Crippen LogP contribution in [0.5, 0.6) is 0 Å². The molecule has 0 radical (unpaired) electrons. The minimum absolute atomic E-state index is 0.132. The lowest BCUT2D eigenvalue weighted by Gasteiger charge is -2.15. The van der Waals surface area contributed by atoms with E-state index in [9.17, 15) is 9.59 Å². The molecule has 4 rings (SSSR count). The molecular formula is C21H14BrCl2N5O2. The van der Waals surface area contributed by atoms with E-state index in [-0.39, 0.29) is 22.0 Å². The molecule has 156 valence electrons. The largest absolute Gasteiger partial charge is 0.319 e. The number of hydrogen-bond acceptors (Lipinski definition) is 4. The summed E-state index contributed by atoms with van der Waals surface area (Å²) in [5, 5.41) is 4.74. The summed E-state index contributed by atoms with van der Waals surface area (Å²) < 4.78 is 2.18. The third kappa shape index (κ3) is 4.03. The standard InChI is InChI=1S/C21H14BrCl2N5O2/c22-12-9-16(29(10-12)19-15(23)6-3-7-26-19)21(31)27-18-14(20(30)28-25)8-11-4-1-2-5-13(11)17(18)24/h1-10H,25H2,(H,27,31)(H,28,30). The summed E-state index contributed by atoms with van der Waals surface area (Å²) in [4.78, 5) is 29.9. The van der Waals surface area contributed by atoms with Crippen LogP contribution < -0.4 is 16.6 Å². The van der Waals surface area contributed by atoms with Gasteiger partial charge in [-0.25, -0.2) is 10.8 Å². The van der Waals surface area contributed by atoms with Crippen LogP contribution in [0.1, 0.15) is 20.8 Å². The van der Waals surface area contributed by atoms with Gasteiger partial charge in [0.1, 0.15) is 5.69 Å². The van der Waals surface area contributed by atoms with Gasteiger partial charge in [0.15, 0.2) is 5.82 Å². The van der Waals surface area contributed by atoms with Gasteiger partial charge >= 0.3 is 0 Å². The Bertz CT molecular complexity index is 1340. The lowest BCUT2D eigenvalue weighted by molar-refractivity contribution is 0.0954. The highest BCUT2D eigenvalue weighted by Gasteiger charge is 2.22. The van der Waals surface area contributed by atoms with Crippen molar-refractivity contribution in [2.24, 2.45) is 5.84 Å². The van der Waals surface area contributed by atoms with Crippen molar-refractivity contribution in [2.45, 2.75) is 0 Å². The van der Waals surface area contributed by atoms with Crippen LogP contribution in [-0.4, -0.2) is 21.4 Å². The van der Waals surface area contributed by atoms with E-state index in [1.807, 2.05) is 18.2 Å². The Morgan fingerprint density at radius 1 is 1.06 bits per heavy atom. The van der Waals surface area contributed by atoms with Crippen LogP contribution in [0.3, 0.4) is 0 Å². The molecule has 2 amide bonds. The van der Waals surface area contributed by atoms with E-state index >= 15 is 0 Å². The number of nitrogens with one attached hydrogen (secondary N) is 2. The average molecular weight is 519 g/mol. The van der Waals surface area contributed by atoms with Gasteiger partial charge in [-0.15, -0.1) is 0 Å². The predicted molar refractivity (Wildman–Crippen MR) is 125 cm³/mol. The molecule has 0 aliphatic rings. The normalized spacial score (nSPS) is 10.8. The molecule has 31 heavy (non-hydrogen) atoms. The maximum atomic E-state index is 13.2. The van der Waals surface area contributed by atoms with Gasteiger partial charge in [0.2, 0.25) is 0 Å². The Balaban J connectivity index is 1.82. The lowest BCUT2D eigenvalue weighted by Crippen LogP contribution is -2.31. The molecule has 2 heterocycles. The van der Waals surface area contributed by atoms with Crippen LogP contribution >= 0.6 is 39.1 Å². The monoisotopic (exact) mass is 517 g/mol. The molecule has 0 fully saturated rings. The quantitative estimate of drug-likeness (QED) is 0.202. The number of nitrogen functional groups attached to an aromatic ring is 1. The highest BCUT2D eigenvalue weighted by molar-refractivity contribution is 9.10. The van der Waals surface area contributed by atoms with Crippen LogP contribution in [0, 0.1) is 0 Å². The zero-order chi connectivity index (χ0) is 22.1. The number of anilines is 1. The summed E-state index contributed by atoms with van der Waals surface area (Å²) in [6, 6.07) is 13.8. The zero-order valence-corrected chi connectivity index (χ0v) is 18.8. The molecule has 0 aliphatic carbocycles. The fraction of sp³-hybridized carbons (Fsp3) is 0. The Hall–Kier alpha value is -2.91. The molecule has 0 unspecified atom stereocenters. The average Bonchev–Trinajstić information content (AvgIpc) is 3.16. The molecule has 4 aromatic rings. The third-order valence-corrected chi connectivity index (χ3v) is 5.71. The number of rotatable bonds is 4. The molecule has 0 bridgehead atoms. The molecule has 0 saturated carbocycles. The van der Waals surface area contributed by atoms with Crippen LogP contribution in [0.4, 0.5) is 5.69 Å². The Kier molecular flexibility index (Phi) is 5.97. The highest BCUT2D eigenvalue weighted by atomic mass is 79.9. The minimum atomic E-state index is -0.590. The van der Waals surface area contributed by atoms with Gasteiger partial charge in [-0.1, -0.05) is 47.5 Å². The second-order valence-corrected chi connectivity index (χ2v) is 8.19. The molecule has 2 aromatic carbocycles. The molecule has 7 nitrogen and oxygen atoms in total. The molecule has 0 spiro atoms.